The molecular formula is C14H11FN4O3. The predicted octanol–water partition coefficient (Wildman–Crippen LogP) is 3.19. The monoisotopic (exact) mass is 302 g/mol. The average Bonchev–Trinajstić information content (AvgIpc) is 2.93. The van der Waals surface area contributed by atoms with Crippen LogP contribution in [-0.4, -0.2) is 19.5 Å². The highest BCUT2D eigenvalue weighted by molar-refractivity contribution is 5.47. The lowest BCUT2D eigenvalue weighted by Crippen LogP contribution is -2.03. The van der Waals surface area contributed by atoms with E-state index >= 15 is 0 Å². The van der Waals surface area contributed by atoms with E-state index in [9.17, 15) is 14.5 Å². The summed E-state index contributed by atoms with van der Waals surface area (Å²) in [5.74, 6) is -0.611. The zero-order chi connectivity index (χ0) is 15.9. The van der Waals surface area contributed by atoms with Gasteiger partial charge in [0, 0.05) is 23.4 Å². The topological polar surface area (TPSA) is 82.6 Å². The molecule has 2 aromatic heterocycles. The van der Waals surface area contributed by atoms with E-state index in [1.54, 1.807) is 26.1 Å². The van der Waals surface area contributed by atoms with E-state index in [0.717, 1.165) is 11.8 Å². The third-order valence-corrected chi connectivity index (χ3v) is 3.29. The summed E-state index contributed by atoms with van der Waals surface area (Å²) in [5.41, 5.74) is 1.66. The zero-order valence-corrected chi connectivity index (χ0v) is 11.8. The number of rotatable bonds is 3. The van der Waals surface area contributed by atoms with Gasteiger partial charge in [-0.2, -0.15) is 9.61 Å². The van der Waals surface area contributed by atoms with Crippen molar-refractivity contribution in [3.8, 4) is 11.6 Å². The van der Waals surface area contributed by atoms with E-state index < -0.39 is 10.7 Å². The van der Waals surface area contributed by atoms with Crippen molar-refractivity contribution in [2.75, 3.05) is 0 Å². The fourth-order valence-corrected chi connectivity index (χ4v) is 2.02. The third-order valence-electron chi connectivity index (χ3n) is 3.29. The number of benzene rings is 1. The van der Waals surface area contributed by atoms with E-state index in [1.165, 1.54) is 16.6 Å². The number of halogens is 1. The van der Waals surface area contributed by atoms with Crippen molar-refractivity contribution in [3.05, 3.63) is 57.7 Å². The Kier molecular flexibility index (Phi) is 3.21. The maximum atomic E-state index is 14.0. The second kappa shape index (κ2) is 5.06. The molecule has 7 nitrogen and oxygen atoms in total. The summed E-state index contributed by atoms with van der Waals surface area (Å²) in [6.45, 7) is 3.59. The van der Waals surface area contributed by atoms with E-state index in [1.807, 2.05) is 0 Å². The van der Waals surface area contributed by atoms with Gasteiger partial charge in [0.25, 0.3) is 5.69 Å². The average molecular weight is 302 g/mol. The van der Waals surface area contributed by atoms with Crippen LogP contribution in [-0.2, 0) is 0 Å². The molecule has 0 aliphatic rings. The number of hydrogen-bond acceptors (Lipinski definition) is 5. The first-order valence-corrected chi connectivity index (χ1v) is 6.40. The van der Waals surface area contributed by atoms with Crippen LogP contribution >= 0.6 is 0 Å². The van der Waals surface area contributed by atoms with Gasteiger partial charge in [0.2, 0.25) is 5.88 Å². The van der Waals surface area contributed by atoms with E-state index in [4.69, 9.17) is 4.74 Å². The summed E-state index contributed by atoms with van der Waals surface area (Å²) in [7, 11) is 0. The number of aryl methyl sites for hydroxylation is 1. The largest absolute Gasteiger partial charge is 0.435 e. The number of non-ortho nitro benzene ring substituents is 1. The summed E-state index contributed by atoms with van der Waals surface area (Å²) in [6.07, 6.45) is 1.56. The van der Waals surface area contributed by atoms with E-state index in [2.05, 4.69) is 10.1 Å². The molecule has 112 valence electrons. The summed E-state index contributed by atoms with van der Waals surface area (Å²) < 4.78 is 21.0. The summed E-state index contributed by atoms with van der Waals surface area (Å²) in [4.78, 5) is 14.3. The number of hydrogen-bond donors (Lipinski definition) is 0. The Labute approximate surface area is 124 Å². The Bertz CT molecular complexity index is 891. The minimum Gasteiger partial charge on any atom is -0.435 e. The van der Waals surface area contributed by atoms with Crippen molar-refractivity contribution in [1.82, 2.24) is 14.6 Å². The smallest absolute Gasteiger partial charge is 0.272 e. The Morgan fingerprint density at radius 1 is 1.32 bits per heavy atom. The Hall–Kier alpha value is -3.03. The number of ether oxygens (including phenoxy) is 1. The molecule has 3 rings (SSSR count). The molecule has 0 aliphatic heterocycles. The summed E-state index contributed by atoms with van der Waals surface area (Å²) >= 11 is 0. The minimum atomic E-state index is -0.816. The van der Waals surface area contributed by atoms with Crippen LogP contribution in [0.5, 0.6) is 11.6 Å². The second-order valence-electron chi connectivity index (χ2n) is 4.70. The number of nitro benzene ring substituents is 1. The van der Waals surface area contributed by atoms with Gasteiger partial charge in [0.1, 0.15) is 0 Å². The SMILES string of the molecule is Cc1nc2ccnn2c(Oc2ccc([N+](=O)[O-])cc2F)c1C. The molecule has 0 aliphatic carbocycles. The van der Waals surface area contributed by atoms with Gasteiger partial charge in [-0.1, -0.05) is 0 Å². The van der Waals surface area contributed by atoms with Crippen LogP contribution in [0, 0.1) is 29.8 Å². The summed E-state index contributed by atoms with van der Waals surface area (Å²) in [6, 6.07) is 4.92. The van der Waals surface area contributed by atoms with Crippen LogP contribution < -0.4 is 4.74 Å². The Morgan fingerprint density at radius 3 is 2.77 bits per heavy atom. The van der Waals surface area contributed by atoms with Crippen LogP contribution in [0.15, 0.2) is 30.5 Å². The molecule has 0 saturated carbocycles. The lowest BCUT2D eigenvalue weighted by molar-refractivity contribution is -0.385. The Balaban J connectivity index is 2.09. The van der Waals surface area contributed by atoms with Crippen LogP contribution in [0.3, 0.4) is 0 Å². The molecular weight excluding hydrogens is 291 g/mol. The molecule has 2 heterocycles. The first-order valence-electron chi connectivity index (χ1n) is 6.40. The molecule has 3 aromatic rings. The fraction of sp³-hybridized carbons (Fsp3) is 0.143. The van der Waals surface area contributed by atoms with Gasteiger partial charge in [0.05, 0.1) is 17.2 Å². The molecule has 8 heteroatoms. The van der Waals surface area contributed by atoms with Gasteiger partial charge in [-0.05, 0) is 19.9 Å². The fourth-order valence-electron chi connectivity index (χ4n) is 2.02. The lowest BCUT2D eigenvalue weighted by atomic mass is 10.2. The number of fused-ring (bicyclic) bond motifs is 1. The quantitative estimate of drug-likeness (QED) is 0.548. The van der Waals surface area contributed by atoms with Crippen molar-refractivity contribution in [2.24, 2.45) is 0 Å². The molecule has 0 radical (unpaired) electrons. The molecule has 0 amide bonds. The molecule has 0 atom stereocenters. The van der Waals surface area contributed by atoms with Crippen LogP contribution in [0.4, 0.5) is 10.1 Å². The third kappa shape index (κ3) is 2.24. The first-order chi connectivity index (χ1) is 10.5. The van der Waals surface area contributed by atoms with E-state index in [-0.39, 0.29) is 11.4 Å². The molecule has 0 spiro atoms. The van der Waals surface area contributed by atoms with Crippen LogP contribution in [0.1, 0.15) is 11.3 Å². The lowest BCUT2D eigenvalue weighted by Gasteiger charge is -2.12. The normalized spacial score (nSPS) is 10.9. The van der Waals surface area contributed by atoms with Crippen molar-refractivity contribution in [1.29, 1.82) is 0 Å². The van der Waals surface area contributed by atoms with Gasteiger partial charge in [-0.3, -0.25) is 10.1 Å². The number of nitro groups is 1. The summed E-state index contributed by atoms with van der Waals surface area (Å²) in [5, 5.41) is 14.7. The van der Waals surface area contributed by atoms with Gasteiger partial charge >= 0.3 is 0 Å². The second-order valence-corrected chi connectivity index (χ2v) is 4.70. The van der Waals surface area contributed by atoms with Crippen molar-refractivity contribution < 1.29 is 14.1 Å². The first kappa shape index (κ1) is 13.9. The van der Waals surface area contributed by atoms with Crippen molar-refractivity contribution in [3.63, 3.8) is 0 Å². The molecule has 0 bridgehead atoms. The molecule has 0 N–H and O–H groups in total. The van der Waals surface area contributed by atoms with E-state index in [0.29, 0.717) is 17.1 Å². The van der Waals surface area contributed by atoms with Crippen LogP contribution in [0.25, 0.3) is 5.65 Å². The maximum Gasteiger partial charge on any atom is 0.272 e. The van der Waals surface area contributed by atoms with Crippen molar-refractivity contribution >= 4 is 11.3 Å². The highest BCUT2D eigenvalue weighted by Crippen LogP contribution is 2.30. The predicted molar refractivity (Wildman–Crippen MR) is 75.6 cm³/mol. The molecule has 1 aromatic carbocycles. The zero-order valence-electron chi connectivity index (χ0n) is 11.8. The standard InChI is InChI=1S/C14H11FN4O3/c1-8-9(2)17-13-5-6-16-18(13)14(8)22-12-4-3-10(19(20)21)7-11(12)15/h3-7H,1-2H3. The maximum absolute atomic E-state index is 14.0. The van der Waals surface area contributed by atoms with Gasteiger partial charge in [-0.15, -0.1) is 0 Å². The highest BCUT2D eigenvalue weighted by atomic mass is 19.1. The van der Waals surface area contributed by atoms with Crippen molar-refractivity contribution in [2.45, 2.75) is 13.8 Å². The number of nitrogens with zero attached hydrogens (tertiary/aromatic N) is 4. The molecule has 0 saturated heterocycles. The van der Waals surface area contributed by atoms with Gasteiger partial charge in [-0.25, -0.2) is 9.37 Å². The highest BCUT2D eigenvalue weighted by Gasteiger charge is 2.16. The molecule has 0 fully saturated rings. The molecule has 0 unspecified atom stereocenters. The van der Waals surface area contributed by atoms with Gasteiger partial charge < -0.3 is 4.74 Å². The van der Waals surface area contributed by atoms with Gasteiger partial charge in [0.15, 0.2) is 17.2 Å². The Morgan fingerprint density at radius 2 is 2.09 bits per heavy atom. The number of aromatic nitrogens is 3. The minimum absolute atomic E-state index is 0.115. The molecule has 22 heavy (non-hydrogen) atoms. The van der Waals surface area contributed by atoms with Crippen LogP contribution in [0.2, 0.25) is 0 Å².